The quantitative estimate of drug-likeness (QED) is 0.863. The van der Waals surface area contributed by atoms with E-state index < -0.39 is 0 Å². The van der Waals surface area contributed by atoms with Gasteiger partial charge in [0.2, 0.25) is 6.79 Å². The van der Waals surface area contributed by atoms with Crippen molar-refractivity contribution in [1.29, 1.82) is 5.26 Å². The Balaban J connectivity index is 1.77. The summed E-state index contributed by atoms with van der Waals surface area (Å²) >= 11 is 0. The molecular weight excluding hydrogens is 270 g/mol. The lowest BCUT2D eigenvalue weighted by Gasteiger charge is -2.11. The molecule has 2 aromatic carbocycles. The first kappa shape index (κ1) is 13.1. The first-order chi connectivity index (χ1) is 10.3. The molecule has 0 amide bonds. The molecule has 0 saturated heterocycles. The minimum absolute atomic E-state index is 0.233. The highest BCUT2D eigenvalue weighted by atomic mass is 16.7. The summed E-state index contributed by atoms with van der Waals surface area (Å²) in [6.45, 7) is 0.537. The van der Waals surface area contributed by atoms with Gasteiger partial charge in [0.05, 0.1) is 18.7 Å². The van der Waals surface area contributed by atoms with E-state index in [4.69, 9.17) is 24.2 Å². The van der Waals surface area contributed by atoms with Crippen LogP contribution < -0.4 is 18.9 Å². The third-order valence-corrected chi connectivity index (χ3v) is 3.15. The minimum Gasteiger partial charge on any atom is -0.496 e. The van der Waals surface area contributed by atoms with Gasteiger partial charge in [-0.2, -0.15) is 5.26 Å². The van der Waals surface area contributed by atoms with Gasteiger partial charge < -0.3 is 18.9 Å². The number of rotatable bonds is 4. The van der Waals surface area contributed by atoms with Crippen LogP contribution in [0.25, 0.3) is 0 Å². The second-order valence-electron chi connectivity index (χ2n) is 4.44. The summed E-state index contributed by atoms with van der Waals surface area (Å²) in [7, 11) is 1.59. The predicted octanol–water partition coefficient (Wildman–Crippen LogP) is 2.87. The molecule has 5 heteroatoms. The van der Waals surface area contributed by atoms with E-state index in [2.05, 4.69) is 6.07 Å². The van der Waals surface area contributed by atoms with Crippen LogP contribution in [-0.4, -0.2) is 13.9 Å². The normalized spacial score (nSPS) is 11.8. The zero-order chi connectivity index (χ0) is 14.7. The zero-order valence-electron chi connectivity index (χ0n) is 11.5. The molecule has 0 spiro atoms. The number of benzene rings is 2. The third-order valence-electron chi connectivity index (χ3n) is 3.15. The van der Waals surface area contributed by atoms with Gasteiger partial charge in [-0.25, -0.2) is 0 Å². The van der Waals surface area contributed by atoms with E-state index in [1.807, 2.05) is 6.07 Å². The van der Waals surface area contributed by atoms with Crippen molar-refractivity contribution >= 4 is 0 Å². The maximum absolute atomic E-state index is 8.95. The van der Waals surface area contributed by atoms with Crippen molar-refractivity contribution in [3.8, 4) is 29.1 Å². The second-order valence-corrected chi connectivity index (χ2v) is 4.44. The van der Waals surface area contributed by atoms with Gasteiger partial charge in [-0.15, -0.1) is 0 Å². The Morgan fingerprint density at radius 1 is 1.14 bits per heavy atom. The number of hydrogen-bond acceptors (Lipinski definition) is 5. The molecule has 0 N–H and O–H groups in total. The van der Waals surface area contributed by atoms with Crippen LogP contribution in [0.4, 0.5) is 0 Å². The van der Waals surface area contributed by atoms with Gasteiger partial charge in [0.1, 0.15) is 18.1 Å². The standard InChI is InChI=1S/C16H13NO4/c1-18-14-4-2-11(8-17)6-12(14)9-19-13-3-5-15-16(7-13)21-10-20-15/h2-7H,9-10H2,1H3. The maximum Gasteiger partial charge on any atom is 0.231 e. The summed E-state index contributed by atoms with van der Waals surface area (Å²) in [6, 6.07) is 12.7. The fourth-order valence-corrected chi connectivity index (χ4v) is 2.09. The number of methoxy groups -OCH3 is 1. The molecule has 5 nitrogen and oxygen atoms in total. The van der Waals surface area contributed by atoms with E-state index in [-0.39, 0.29) is 6.79 Å². The Labute approximate surface area is 122 Å². The fourth-order valence-electron chi connectivity index (χ4n) is 2.09. The topological polar surface area (TPSA) is 60.7 Å². The summed E-state index contributed by atoms with van der Waals surface area (Å²) in [5, 5.41) is 8.95. The number of nitrogens with zero attached hydrogens (tertiary/aromatic N) is 1. The van der Waals surface area contributed by atoms with E-state index in [0.717, 1.165) is 5.56 Å². The summed E-state index contributed by atoms with van der Waals surface area (Å²) in [5.74, 6) is 2.75. The zero-order valence-corrected chi connectivity index (χ0v) is 11.5. The number of ether oxygens (including phenoxy) is 4. The smallest absolute Gasteiger partial charge is 0.231 e. The number of hydrogen-bond donors (Lipinski definition) is 0. The predicted molar refractivity (Wildman–Crippen MR) is 74.6 cm³/mol. The van der Waals surface area contributed by atoms with Crippen LogP contribution in [0.5, 0.6) is 23.0 Å². The first-order valence-electron chi connectivity index (χ1n) is 6.39. The fraction of sp³-hybridized carbons (Fsp3) is 0.188. The molecule has 1 heterocycles. The lowest BCUT2D eigenvalue weighted by molar-refractivity contribution is 0.173. The highest BCUT2D eigenvalue weighted by Gasteiger charge is 2.14. The van der Waals surface area contributed by atoms with E-state index in [1.165, 1.54) is 0 Å². The second kappa shape index (κ2) is 5.63. The summed E-state index contributed by atoms with van der Waals surface area (Å²) in [5.41, 5.74) is 1.38. The van der Waals surface area contributed by atoms with Crippen LogP contribution in [0.2, 0.25) is 0 Å². The van der Waals surface area contributed by atoms with Gasteiger partial charge in [0, 0.05) is 11.6 Å². The lowest BCUT2D eigenvalue weighted by atomic mass is 10.1. The van der Waals surface area contributed by atoms with E-state index in [9.17, 15) is 0 Å². The highest BCUT2D eigenvalue weighted by molar-refractivity contribution is 5.47. The van der Waals surface area contributed by atoms with Gasteiger partial charge in [0.15, 0.2) is 11.5 Å². The average molecular weight is 283 g/mol. The van der Waals surface area contributed by atoms with Crippen molar-refractivity contribution in [2.45, 2.75) is 6.61 Å². The molecule has 0 aromatic heterocycles. The Bertz CT molecular complexity index is 706. The molecule has 0 radical (unpaired) electrons. The van der Waals surface area contributed by atoms with Gasteiger partial charge in [0.25, 0.3) is 0 Å². The molecule has 106 valence electrons. The number of fused-ring (bicyclic) bond motifs is 1. The Morgan fingerprint density at radius 3 is 2.81 bits per heavy atom. The molecular formula is C16H13NO4. The third kappa shape index (κ3) is 2.70. The Hall–Kier alpha value is -2.87. The van der Waals surface area contributed by atoms with Crippen molar-refractivity contribution in [2.24, 2.45) is 0 Å². The minimum atomic E-state index is 0.233. The SMILES string of the molecule is COc1ccc(C#N)cc1COc1ccc2c(c1)OCO2. The van der Waals surface area contributed by atoms with Crippen molar-refractivity contribution in [1.82, 2.24) is 0 Å². The molecule has 0 fully saturated rings. The molecule has 0 atom stereocenters. The molecule has 0 aliphatic carbocycles. The molecule has 1 aliphatic heterocycles. The molecule has 21 heavy (non-hydrogen) atoms. The van der Waals surface area contributed by atoms with Crippen molar-refractivity contribution in [3.05, 3.63) is 47.5 Å². The van der Waals surface area contributed by atoms with Crippen molar-refractivity contribution in [2.75, 3.05) is 13.9 Å². The molecule has 3 rings (SSSR count). The summed E-state index contributed by atoms with van der Waals surface area (Å²) in [6.07, 6.45) is 0. The largest absolute Gasteiger partial charge is 0.496 e. The van der Waals surface area contributed by atoms with Crippen LogP contribution in [-0.2, 0) is 6.61 Å². The van der Waals surface area contributed by atoms with Crippen LogP contribution in [0.1, 0.15) is 11.1 Å². The van der Waals surface area contributed by atoms with E-state index >= 15 is 0 Å². The van der Waals surface area contributed by atoms with E-state index in [1.54, 1.807) is 37.4 Å². The highest BCUT2D eigenvalue weighted by Crippen LogP contribution is 2.35. The van der Waals surface area contributed by atoms with Crippen molar-refractivity contribution in [3.63, 3.8) is 0 Å². The molecule has 2 aromatic rings. The van der Waals surface area contributed by atoms with Crippen LogP contribution >= 0.6 is 0 Å². The summed E-state index contributed by atoms with van der Waals surface area (Å²) in [4.78, 5) is 0. The molecule has 0 unspecified atom stereocenters. The van der Waals surface area contributed by atoms with Crippen LogP contribution in [0, 0.1) is 11.3 Å². The van der Waals surface area contributed by atoms with Crippen LogP contribution in [0.15, 0.2) is 36.4 Å². The number of nitriles is 1. The average Bonchev–Trinajstić information content (AvgIpc) is 3.00. The maximum atomic E-state index is 8.95. The molecule has 0 saturated carbocycles. The molecule has 1 aliphatic rings. The first-order valence-corrected chi connectivity index (χ1v) is 6.39. The van der Waals surface area contributed by atoms with E-state index in [0.29, 0.717) is 35.2 Å². The van der Waals surface area contributed by atoms with Crippen molar-refractivity contribution < 1.29 is 18.9 Å². The van der Waals surface area contributed by atoms with Gasteiger partial charge in [-0.1, -0.05) is 0 Å². The van der Waals surface area contributed by atoms with Gasteiger partial charge in [-0.05, 0) is 30.3 Å². The lowest BCUT2D eigenvalue weighted by Crippen LogP contribution is -1.99. The van der Waals surface area contributed by atoms with Gasteiger partial charge >= 0.3 is 0 Å². The van der Waals surface area contributed by atoms with Gasteiger partial charge in [-0.3, -0.25) is 0 Å². The van der Waals surface area contributed by atoms with Crippen LogP contribution in [0.3, 0.4) is 0 Å². The molecule has 0 bridgehead atoms. The monoisotopic (exact) mass is 283 g/mol. The Morgan fingerprint density at radius 2 is 2.00 bits per heavy atom. The summed E-state index contributed by atoms with van der Waals surface area (Å²) < 4.78 is 21.6. The Kier molecular flexibility index (Phi) is 3.52.